The molecule has 90 valence electrons. The van der Waals surface area contributed by atoms with Crippen LogP contribution in [0.1, 0.15) is 24.1 Å². The Morgan fingerprint density at radius 1 is 1.35 bits per heavy atom. The van der Waals surface area contributed by atoms with Crippen molar-refractivity contribution in [1.82, 2.24) is 5.32 Å². The summed E-state index contributed by atoms with van der Waals surface area (Å²) in [5.74, 6) is 0. The van der Waals surface area contributed by atoms with Gasteiger partial charge in [0, 0.05) is 10.5 Å². The highest BCUT2D eigenvalue weighted by molar-refractivity contribution is 9.10. The van der Waals surface area contributed by atoms with Crippen LogP contribution in [0.15, 0.2) is 45.6 Å². The zero-order chi connectivity index (χ0) is 12.1. The van der Waals surface area contributed by atoms with Crippen LogP contribution in [-0.2, 0) is 6.42 Å². The molecule has 0 bridgehead atoms. The molecule has 17 heavy (non-hydrogen) atoms. The summed E-state index contributed by atoms with van der Waals surface area (Å²) >= 11 is 5.27. The average molecular weight is 310 g/mol. The molecule has 0 unspecified atom stereocenters. The Kier molecular flexibility index (Phi) is 4.77. The van der Waals surface area contributed by atoms with E-state index < -0.39 is 0 Å². The van der Waals surface area contributed by atoms with Gasteiger partial charge < -0.3 is 5.32 Å². The second-order valence-corrected chi connectivity index (χ2v) is 5.81. The number of benzene rings is 1. The van der Waals surface area contributed by atoms with Gasteiger partial charge in [0.15, 0.2) is 0 Å². The summed E-state index contributed by atoms with van der Waals surface area (Å²) in [7, 11) is 0. The monoisotopic (exact) mass is 309 g/mol. The van der Waals surface area contributed by atoms with Gasteiger partial charge in [-0.3, -0.25) is 0 Å². The van der Waals surface area contributed by atoms with Crippen LogP contribution in [0.5, 0.6) is 0 Å². The van der Waals surface area contributed by atoms with E-state index in [4.69, 9.17) is 0 Å². The quantitative estimate of drug-likeness (QED) is 0.863. The van der Waals surface area contributed by atoms with Gasteiger partial charge in [-0.15, -0.1) is 0 Å². The van der Waals surface area contributed by atoms with Gasteiger partial charge in [0.25, 0.3) is 0 Å². The van der Waals surface area contributed by atoms with Crippen molar-refractivity contribution in [2.45, 2.75) is 19.4 Å². The lowest BCUT2D eigenvalue weighted by Crippen LogP contribution is -2.21. The highest BCUT2D eigenvalue weighted by Gasteiger charge is 2.04. The first-order chi connectivity index (χ1) is 8.25. The van der Waals surface area contributed by atoms with E-state index in [1.54, 1.807) is 11.3 Å². The van der Waals surface area contributed by atoms with E-state index in [-0.39, 0.29) is 0 Å². The molecule has 0 amide bonds. The molecule has 2 aromatic rings. The van der Waals surface area contributed by atoms with Crippen LogP contribution >= 0.6 is 27.3 Å². The van der Waals surface area contributed by atoms with Crippen LogP contribution in [0.3, 0.4) is 0 Å². The summed E-state index contributed by atoms with van der Waals surface area (Å²) in [6.07, 6.45) is 1.10. The lowest BCUT2D eigenvalue weighted by molar-refractivity contribution is 0.577. The third-order valence-corrected chi connectivity index (χ3v) is 4.02. The van der Waals surface area contributed by atoms with E-state index in [1.165, 1.54) is 11.1 Å². The van der Waals surface area contributed by atoms with Crippen LogP contribution in [0, 0.1) is 0 Å². The number of thiophene rings is 1. The fraction of sp³-hybridized carbons (Fsp3) is 0.286. The van der Waals surface area contributed by atoms with E-state index in [1.807, 2.05) is 0 Å². The Balaban J connectivity index is 1.83. The van der Waals surface area contributed by atoms with E-state index >= 15 is 0 Å². The fourth-order valence-electron chi connectivity index (χ4n) is 1.76. The van der Waals surface area contributed by atoms with E-state index in [2.05, 4.69) is 69.3 Å². The normalized spacial score (nSPS) is 12.6. The Labute approximate surface area is 115 Å². The van der Waals surface area contributed by atoms with Crippen molar-refractivity contribution in [3.05, 3.63) is 56.7 Å². The summed E-state index contributed by atoms with van der Waals surface area (Å²) in [4.78, 5) is 0. The molecule has 1 aromatic carbocycles. The van der Waals surface area contributed by atoms with Gasteiger partial charge in [0.2, 0.25) is 0 Å². The van der Waals surface area contributed by atoms with Crippen LogP contribution in [-0.4, -0.2) is 6.54 Å². The minimum Gasteiger partial charge on any atom is -0.310 e. The molecule has 1 aromatic heterocycles. The number of hydrogen-bond donors (Lipinski definition) is 1. The van der Waals surface area contributed by atoms with Crippen molar-refractivity contribution in [3.8, 4) is 0 Å². The largest absolute Gasteiger partial charge is 0.310 e. The molecule has 0 radical (unpaired) electrons. The van der Waals surface area contributed by atoms with E-state index in [0.717, 1.165) is 17.4 Å². The Morgan fingerprint density at radius 3 is 2.94 bits per heavy atom. The Morgan fingerprint density at radius 2 is 2.24 bits per heavy atom. The first kappa shape index (κ1) is 12.8. The molecule has 0 fully saturated rings. The summed E-state index contributed by atoms with van der Waals surface area (Å²) in [6, 6.07) is 11.1. The number of rotatable bonds is 5. The van der Waals surface area contributed by atoms with Crippen molar-refractivity contribution < 1.29 is 0 Å². The average Bonchev–Trinajstić information content (AvgIpc) is 2.82. The van der Waals surface area contributed by atoms with Gasteiger partial charge in [0.05, 0.1) is 0 Å². The number of nitrogens with one attached hydrogen (secondary N) is 1. The molecule has 0 saturated heterocycles. The van der Waals surface area contributed by atoms with Crippen molar-refractivity contribution >= 4 is 27.3 Å². The molecule has 1 nitrogen and oxygen atoms in total. The summed E-state index contributed by atoms with van der Waals surface area (Å²) < 4.78 is 1.14. The Hall–Kier alpha value is -0.640. The number of hydrogen-bond acceptors (Lipinski definition) is 2. The summed E-state index contributed by atoms with van der Waals surface area (Å²) in [6.45, 7) is 3.22. The molecular weight excluding hydrogens is 294 g/mol. The van der Waals surface area contributed by atoms with Gasteiger partial charge in [-0.25, -0.2) is 0 Å². The van der Waals surface area contributed by atoms with Crippen LogP contribution in [0.2, 0.25) is 0 Å². The van der Waals surface area contributed by atoms with Gasteiger partial charge in [-0.2, -0.15) is 11.3 Å². The van der Waals surface area contributed by atoms with Crippen molar-refractivity contribution in [3.63, 3.8) is 0 Å². The highest BCUT2D eigenvalue weighted by Crippen LogP contribution is 2.17. The molecule has 0 aliphatic heterocycles. The standard InChI is InChI=1S/C14H16BrNS/c1-11(13-3-2-4-14(15)9-13)16-7-5-12-6-8-17-10-12/h2-4,6,8-11,16H,5,7H2,1H3/t11-/m0/s1. The lowest BCUT2D eigenvalue weighted by atomic mass is 10.1. The lowest BCUT2D eigenvalue weighted by Gasteiger charge is -2.14. The van der Waals surface area contributed by atoms with Gasteiger partial charge >= 0.3 is 0 Å². The smallest absolute Gasteiger partial charge is 0.0292 e. The molecule has 0 aliphatic carbocycles. The second-order valence-electron chi connectivity index (χ2n) is 4.11. The van der Waals surface area contributed by atoms with Crippen LogP contribution in [0.25, 0.3) is 0 Å². The molecule has 0 spiro atoms. The fourth-order valence-corrected chi connectivity index (χ4v) is 2.88. The maximum absolute atomic E-state index is 3.55. The minimum atomic E-state index is 0.395. The molecule has 0 aliphatic rings. The number of halogens is 1. The third-order valence-electron chi connectivity index (χ3n) is 2.79. The molecular formula is C14H16BrNS. The maximum Gasteiger partial charge on any atom is 0.0292 e. The van der Waals surface area contributed by atoms with Gasteiger partial charge in [-0.1, -0.05) is 28.1 Å². The van der Waals surface area contributed by atoms with E-state index in [0.29, 0.717) is 6.04 Å². The van der Waals surface area contributed by atoms with Crippen LogP contribution in [0.4, 0.5) is 0 Å². The van der Waals surface area contributed by atoms with Crippen molar-refractivity contribution in [2.24, 2.45) is 0 Å². The molecule has 2 rings (SSSR count). The highest BCUT2D eigenvalue weighted by atomic mass is 79.9. The zero-order valence-electron chi connectivity index (χ0n) is 9.82. The zero-order valence-corrected chi connectivity index (χ0v) is 12.2. The molecule has 0 saturated carbocycles. The summed E-state index contributed by atoms with van der Waals surface area (Å²) in [5.41, 5.74) is 2.74. The van der Waals surface area contributed by atoms with E-state index in [9.17, 15) is 0 Å². The SMILES string of the molecule is C[C@H](NCCc1ccsc1)c1cccc(Br)c1. The second kappa shape index (κ2) is 6.34. The predicted octanol–water partition coefficient (Wildman–Crippen LogP) is 4.40. The molecule has 3 heteroatoms. The minimum absolute atomic E-state index is 0.395. The molecule has 1 N–H and O–H groups in total. The van der Waals surface area contributed by atoms with Gasteiger partial charge in [0.1, 0.15) is 0 Å². The topological polar surface area (TPSA) is 12.0 Å². The molecule has 1 heterocycles. The third kappa shape index (κ3) is 3.95. The van der Waals surface area contributed by atoms with Crippen molar-refractivity contribution in [2.75, 3.05) is 6.54 Å². The first-order valence-corrected chi connectivity index (χ1v) is 7.49. The van der Waals surface area contributed by atoms with Crippen molar-refractivity contribution in [1.29, 1.82) is 0 Å². The van der Waals surface area contributed by atoms with Gasteiger partial charge in [-0.05, 0) is 60.0 Å². The molecule has 1 atom stereocenters. The maximum atomic E-state index is 3.55. The first-order valence-electron chi connectivity index (χ1n) is 5.75. The Bertz CT molecular complexity index is 453. The summed E-state index contributed by atoms with van der Waals surface area (Å²) in [5, 5.41) is 7.89. The predicted molar refractivity (Wildman–Crippen MR) is 78.6 cm³/mol. The van der Waals surface area contributed by atoms with Crippen LogP contribution < -0.4 is 5.32 Å².